The van der Waals surface area contributed by atoms with Crippen LogP contribution in [-0.4, -0.2) is 17.0 Å². The van der Waals surface area contributed by atoms with Gasteiger partial charge in [-0.3, -0.25) is 9.59 Å². The molecule has 0 atom stereocenters. The van der Waals surface area contributed by atoms with Crippen molar-refractivity contribution in [3.63, 3.8) is 0 Å². The van der Waals surface area contributed by atoms with Gasteiger partial charge < -0.3 is 15.6 Å². The molecule has 0 saturated heterocycles. The van der Waals surface area contributed by atoms with Crippen LogP contribution < -0.4 is 16.6 Å². The molecule has 1 amide bonds. The van der Waals surface area contributed by atoms with Gasteiger partial charge in [-0.2, -0.15) is 0 Å². The van der Waals surface area contributed by atoms with Crippen molar-refractivity contribution in [2.75, 3.05) is 12.3 Å². The summed E-state index contributed by atoms with van der Waals surface area (Å²) in [5.74, 6) is -0.194. The van der Waals surface area contributed by atoms with E-state index in [-0.39, 0.29) is 23.7 Å². The smallest absolute Gasteiger partial charge is 0.274 e. The second-order valence-electron chi connectivity index (χ2n) is 2.85. The highest BCUT2D eigenvalue weighted by molar-refractivity contribution is 5.75. The van der Waals surface area contributed by atoms with E-state index in [1.807, 2.05) is 6.92 Å². The molecule has 3 N–H and O–H groups in total. The fourth-order valence-electron chi connectivity index (χ4n) is 1.09. The molecular weight excluding hydrogens is 182 g/mol. The molecule has 5 heteroatoms. The van der Waals surface area contributed by atoms with Gasteiger partial charge in [-0.15, -0.1) is 0 Å². The fraction of sp³-hybridized carbons (Fsp3) is 0.333. The first-order valence-electron chi connectivity index (χ1n) is 4.36. The summed E-state index contributed by atoms with van der Waals surface area (Å²) in [6, 6.07) is 3.15. The van der Waals surface area contributed by atoms with E-state index in [2.05, 4.69) is 5.32 Å². The van der Waals surface area contributed by atoms with Crippen molar-refractivity contribution in [2.45, 2.75) is 13.5 Å². The monoisotopic (exact) mass is 195 g/mol. The van der Waals surface area contributed by atoms with E-state index in [1.165, 1.54) is 16.8 Å². The quantitative estimate of drug-likeness (QED) is 0.686. The number of carbonyl (C=O) groups is 1. The highest BCUT2D eigenvalue weighted by Gasteiger charge is 2.03. The number of nitrogen functional groups attached to an aromatic ring is 1. The molecule has 1 aromatic rings. The molecule has 0 spiro atoms. The van der Waals surface area contributed by atoms with Crippen molar-refractivity contribution in [2.24, 2.45) is 0 Å². The lowest BCUT2D eigenvalue weighted by Gasteiger charge is -2.05. The third-order valence-corrected chi connectivity index (χ3v) is 1.74. The zero-order chi connectivity index (χ0) is 10.6. The maximum absolute atomic E-state index is 11.4. The standard InChI is InChI=1S/C9H13N3O2/c1-2-11-8(13)6-12-5-3-4-7(10)9(12)14/h3-5H,2,6,10H2,1H3,(H,11,13). The highest BCUT2D eigenvalue weighted by Crippen LogP contribution is 1.91. The van der Waals surface area contributed by atoms with Crippen molar-refractivity contribution in [3.8, 4) is 0 Å². The largest absolute Gasteiger partial charge is 0.394 e. The first-order chi connectivity index (χ1) is 6.65. The summed E-state index contributed by atoms with van der Waals surface area (Å²) in [6.07, 6.45) is 1.54. The summed E-state index contributed by atoms with van der Waals surface area (Å²) < 4.78 is 1.28. The van der Waals surface area contributed by atoms with Crippen LogP contribution in [0.3, 0.4) is 0 Å². The Hall–Kier alpha value is -1.78. The molecule has 0 aromatic carbocycles. The summed E-state index contributed by atoms with van der Waals surface area (Å²) in [7, 11) is 0. The Morgan fingerprint density at radius 1 is 1.64 bits per heavy atom. The molecule has 0 unspecified atom stereocenters. The Balaban J connectivity index is 2.82. The van der Waals surface area contributed by atoms with Crippen molar-refractivity contribution in [3.05, 3.63) is 28.7 Å². The molecule has 76 valence electrons. The molecule has 0 aliphatic rings. The van der Waals surface area contributed by atoms with Gasteiger partial charge in [0.1, 0.15) is 6.54 Å². The molecule has 14 heavy (non-hydrogen) atoms. The lowest BCUT2D eigenvalue weighted by molar-refractivity contribution is -0.121. The molecular formula is C9H13N3O2. The summed E-state index contributed by atoms with van der Waals surface area (Å²) >= 11 is 0. The molecule has 0 radical (unpaired) electrons. The van der Waals surface area contributed by atoms with Crippen LogP contribution in [0.4, 0.5) is 5.69 Å². The lowest BCUT2D eigenvalue weighted by Crippen LogP contribution is -2.32. The number of pyridine rings is 1. The van der Waals surface area contributed by atoms with Crippen molar-refractivity contribution in [1.29, 1.82) is 0 Å². The van der Waals surface area contributed by atoms with Gasteiger partial charge in [0.25, 0.3) is 5.56 Å². The molecule has 5 nitrogen and oxygen atoms in total. The molecule has 0 aliphatic heterocycles. The minimum Gasteiger partial charge on any atom is -0.394 e. The third kappa shape index (κ3) is 2.35. The highest BCUT2D eigenvalue weighted by atomic mass is 16.2. The SMILES string of the molecule is CCNC(=O)Cn1cccc(N)c1=O. The second-order valence-corrected chi connectivity index (χ2v) is 2.85. The van der Waals surface area contributed by atoms with Crippen LogP contribution in [0.25, 0.3) is 0 Å². The van der Waals surface area contributed by atoms with Gasteiger partial charge in [-0.25, -0.2) is 0 Å². The number of aromatic nitrogens is 1. The Bertz CT molecular complexity index is 384. The second kappa shape index (κ2) is 4.45. The predicted octanol–water partition coefficient (Wildman–Crippen LogP) is -0.433. The van der Waals surface area contributed by atoms with Crippen molar-refractivity contribution < 1.29 is 4.79 Å². The van der Waals surface area contributed by atoms with Crippen molar-refractivity contribution >= 4 is 11.6 Å². The number of amides is 1. The number of nitrogens with two attached hydrogens (primary N) is 1. The van der Waals surface area contributed by atoms with E-state index in [1.54, 1.807) is 6.07 Å². The normalized spacial score (nSPS) is 9.79. The van der Waals surface area contributed by atoms with Crippen LogP contribution in [-0.2, 0) is 11.3 Å². The summed E-state index contributed by atoms with van der Waals surface area (Å²) in [5, 5.41) is 2.60. The molecule has 0 bridgehead atoms. The van der Waals surface area contributed by atoms with E-state index in [0.29, 0.717) is 6.54 Å². The van der Waals surface area contributed by atoms with E-state index in [4.69, 9.17) is 5.73 Å². The molecule has 1 heterocycles. The number of carbonyl (C=O) groups excluding carboxylic acids is 1. The first kappa shape index (κ1) is 10.3. The van der Waals surface area contributed by atoms with E-state index in [0.717, 1.165) is 0 Å². The van der Waals surface area contributed by atoms with Crippen LogP contribution in [0.15, 0.2) is 23.1 Å². The first-order valence-corrected chi connectivity index (χ1v) is 4.36. The van der Waals surface area contributed by atoms with Gasteiger partial charge >= 0.3 is 0 Å². The predicted molar refractivity (Wildman–Crippen MR) is 53.8 cm³/mol. The zero-order valence-corrected chi connectivity index (χ0v) is 7.99. The van der Waals surface area contributed by atoms with Gasteiger partial charge in [0, 0.05) is 12.7 Å². The van der Waals surface area contributed by atoms with Crippen molar-refractivity contribution in [1.82, 2.24) is 9.88 Å². The number of likely N-dealkylation sites (N-methyl/N-ethyl adjacent to an activating group) is 1. The third-order valence-electron chi connectivity index (χ3n) is 1.74. The Morgan fingerprint density at radius 2 is 2.36 bits per heavy atom. The van der Waals surface area contributed by atoms with Crippen LogP contribution >= 0.6 is 0 Å². The van der Waals surface area contributed by atoms with Crippen LogP contribution in [0.5, 0.6) is 0 Å². The maximum atomic E-state index is 11.4. The maximum Gasteiger partial charge on any atom is 0.274 e. The van der Waals surface area contributed by atoms with Crippen LogP contribution in [0.1, 0.15) is 6.92 Å². The summed E-state index contributed by atoms with van der Waals surface area (Å²) in [5.41, 5.74) is 5.22. The lowest BCUT2D eigenvalue weighted by atomic mass is 10.4. The summed E-state index contributed by atoms with van der Waals surface area (Å²) in [6.45, 7) is 2.38. The van der Waals surface area contributed by atoms with E-state index in [9.17, 15) is 9.59 Å². The van der Waals surface area contributed by atoms with Gasteiger partial charge in [-0.1, -0.05) is 0 Å². The minimum atomic E-state index is -0.334. The molecule has 1 rings (SSSR count). The van der Waals surface area contributed by atoms with E-state index < -0.39 is 0 Å². The Kier molecular flexibility index (Phi) is 3.28. The Morgan fingerprint density at radius 3 is 3.00 bits per heavy atom. The number of nitrogens with one attached hydrogen (secondary N) is 1. The number of hydrogen-bond acceptors (Lipinski definition) is 3. The summed E-state index contributed by atoms with van der Waals surface area (Å²) in [4.78, 5) is 22.5. The van der Waals surface area contributed by atoms with Gasteiger partial charge in [0.05, 0.1) is 5.69 Å². The number of nitrogens with zero attached hydrogens (tertiary/aromatic N) is 1. The molecule has 1 aromatic heterocycles. The molecule has 0 fully saturated rings. The number of anilines is 1. The van der Waals surface area contributed by atoms with Crippen LogP contribution in [0, 0.1) is 0 Å². The van der Waals surface area contributed by atoms with Gasteiger partial charge in [0.2, 0.25) is 5.91 Å². The Labute approximate surface area is 81.5 Å². The van der Waals surface area contributed by atoms with Gasteiger partial charge in [-0.05, 0) is 19.1 Å². The molecule has 0 saturated carbocycles. The topological polar surface area (TPSA) is 77.1 Å². The van der Waals surface area contributed by atoms with Gasteiger partial charge in [0.15, 0.2) is 0 Å². The minimum absolute atomic E-state index is 0.0116. The number of hydrogen-bond donors (Lipinski definition) is 2. The van der Waals surface area contributed by atoms with E-state index >= 15 is 0 Å². The molecule has 0 aliphatic carbocycles. The average Bonchev–Trinajstić information content (AvgIpc) is 2.13. The van der Waals surface area contributed by atoms with Crippen LogP contribution in [0.2, 0.25) is 0 Å². The fourth-order valence-corrected chi connectivity index (χ4v) is 1.09. The average molecular weight is 195 g/mol. The zero-order valence-electron chi connectivity index (χ0n) is 7.99. The number of rotatable bonds is 3.